The number of rotatable bonds is 4. The maximum atomic E-state index is 5.98. The number of nitrogens with two attached hydrogens (primary N) is 1. The Hall–Kier alpha value is -1.78. The average molecular weight is 233 g/mol. The molecular formula is C12H19N5. The summed E-state index contributed by atoms with van der Waals surface area (Å²) in [4.78, 5) is 0. The van der Waals surface area contributed by atoms with Crippen LogP contribution in [0.5, 0.6) is 0 Å². The van der Waals surface area contributed by atoms with Crippen LogP contribution in [0.4, 0.5) is 5.69 Å². The van der Waals surface area contributed by atoms with E-state index >= 15 is 0 Å². The fourth-order valence-electron chi connectivity index (χ4n) is 1.75. The van der Waals surface area contributed by atoms with Crippen molar-refractivity contribution in [2.75, 3.05) is 5.73 Å². The molecule has 2 aromatic rings. The molecule has 0 aliphatic heterocycles. The van der Waals surface area contributed by atoms with Crippen LogP contribution >= 0.6 is 0 Å². The zero-order valence-corrected chi connectivity index (χ0v) is 10.6. The highest BCUT2D eigenvalue weighted by Crippen LogP contribution is 2.23. The average Bonchev–Trinajstić information content (AvgIpc) is 2.81. The molecule has 0 aromatic carbocycles. The van der Waals surface area contributed by atoms with E-state index in [0.29, 0.717) is 11.6 Å². The predicted octanol–water partition coefficient (Wildman–Crippen LogP) is 1.91. The Kier molecular flexibility index (Phi) is 3.17. The highest BCUT2D eigenvalue weighted by atomic mass is 15.3. The summed E-state index contributed by atoms with van der Waals surface area (Å²) < 4.78 is 3.70. The maximum Gasteiger partial charge on any atom is 0.133 e. The summed E-state index contributed by atoms with van der Waals surface area (Å²) in [5, 5.41) is 8.65. The molecule has 2 aromatic heterocycles. The monoisotopic (exact) mass is 233 g/mol. The van der Waals surface area contributed by atoms with Gasteiger partial charge in [-0.15, -0.1) is 0 Å². The minimum Gasteiger partial charge on any atom is -0.396 e. The van der Waals surface area contributed by atoms with Gasteiger partial charge in [0.25, 0.3) is 0 Å². The molecule has 0 radical (unpaired) electrons. The van der Waals surface area contributed by atoms with Crippen molar-refractivity contribution in [3.8, 4) is 11.4 Å². The van der Waals surface area contributed by atoms with Crippen molar-refractivity contribution in [3.63, 3.8) is 0 Å². The molecule has 2 N–H and O–H groups in total. The molecular weight excluding hydrogens is 214 g/mol. The molecule has 0 saturated carbocycles. The number of aryl methyl sites for hydroxylation is 2. The van der Waals surface area contributed by atoms with E-state index in [2.05, 4.69) is 24.0 Å². The van der Waals surface area contributed by atoms with Gasteiger partial charge in [-0.25, -0.2) is 0 Å². The van der Waals surface area contributed by atoms with Crippen molar-refractivity contribution < 1.29 is 0 Å². The Balaban J connectivity index is 2.22. The van der Waals surface area contributed by atoms with Crippen LogP contribution in [-0.4, -0.2) is 19.6 Å². The van der Waals surface area contributed by atoms with Gasteiger partial charge >= 0.3 is 0 Å². The van der Waals surface area contributed by atoms with E-state index in [-0.39, 0.29) is 0 Å². The van der Waals surface area contributed by atoms with Crippen LogP contribution in [0.1, 0.15) is 20.3 Å². The topological polar surface area (TPSA) is 61.7 Å². The van der Waals surface area contributed by atoms with Crippen molar-refractivity contribution in [3.05, 3.63) is 18.5 Å². The second kappa shape index (κ2) is 4.61. The first-order valence-corrected chi connectivity index (χ1v) is 5.89. The largest absolute Gasteiger partial charge is 0.396 e. The molecule has 92 valence electrons. The summed E-state index contributed by atoms with van der Waals surface area (Å²) in [7, 11) is 1.89. The Labute approximate surface area is 101 Å². The lowest BCUT2D eigenvalue weighted by molar-refractivity contribution is 0.488. The summed E-state index contributed by atoms with van der Waals surface area (Å²) in [6.45, 7) is 5.31. The van der Waals surface area contributed by atoms with Gasteiger partial charge in [0.15, 0.2) is 0 Å². The zero-order valence-electron chi connectivity index (χ0n) is 10.6. The minimum absolute atomic E-state index is 0.667. The van der Waals surface area contributed by atoms with Crippen molar-refractivity contribution in [1.82, 2.24) is 19.6 Å². The van der Waals surface area contributed by atoms with E-state index in [1.807, 2.05) is 24.0 Å². The molecule has 0 saturated heterocycles. The third-order valence-corrected chi connectivity index (χ3v) is 2.79. The van der Waals surface area contributed by atoms with Gasteiger partial charge in [-0.05, 0) is 18.4 Å². The van der Waals surface area contributed by atoms with Crippen LogP contribution in [0.2, 0.25) is 0 Å². The van der Waals surface area contributed by atoms with Crippen molar-refractivity contribution in [1.29, 1.82) is 0 Å². The van der Waals surface area contributed by atoms with Gasteiger partial charge in [-0.3, -0.25) is 9.36 Å². The lowest BCUT2D eigenvalue weighted by Gasteiger charge is -2.03. The molecule has 0 unspecified atom stereocenters. The molecule has 0 aliphatic rings. The van der Waals surface area contributed by atoms with Gasteiger partial charge in [-0.1, -0.05) is 13.8 Å². The predicted molar refractivity (Wildman–Crippen MR) is 68.3 cm³/mol. The maximum absolute atomic E-state index is 5.98. The molecule has 0 bridgehead atoms. The van der Waals surface area contributed by atoms with Gasteiger partial charge in [0.1, 0.15) is 5.69 Å². The van der Waals surface area contributed by atoms with Gasteiger partial charge in [0.2, 0.25) is 0 Å². The summed E-state index contributed by atoms with van der Waals surface area (Å²) in [6.07, 6.45) is 4.75. The van der Waals surface area contributed by atoms with E-state index < -0.39 is 0 Å². The lowest BCUT2D eigenvalue weighted by atomic mass is 10.1. The fraction of sp³-hybridized carbons (Fsp3) is 0.500. The number of nitrogen functional groups attached to an aromatic ring is 1. The first-order valence-electron chi connectivity index (χ1n) is 5.89. The number of hydrogen-bond donors (Lipinski definition) is 1. The Morgan fingerprint density at radius 2 is 2.18 bits per heavy atom. The third kappa shape index (κ3) is 2.49. The number of hydrogen-bond acceptors (Lipinski definition) is 3. The number of anilines is 1. The highest BCUT2D eigenvalue weighted by molar-refractivity contribution is 5.69. The minimum atomic E-state index is 0.667. The number of nitrogens with zero attached hydrogens (tertiary/aromatic N) is 4. The van der Waals surface area contributed by atoms with Crippen LogP contribution in [0.15, 0.2) is 18.5 Å². The quantitative estimate of drug-likeness (QED) is 0.877. The molecule has 2 heterocycles. The molecule has 2 rings (SSSR count). The van der Waals surface area contributed by atoms with Crippen LogP contribution in [-0.2, 0) is 13.6 Å². The lowest BCUT2D eigenvalue weighted by Crippen LogP contribution is -2.02. The molecule has 5 heteroatoms. The second-order valence-electron chi connectivity index (χ2n) is 4.72. The van der Waals surface area contributed by atoms with Crippen molar-refractivity contribution >= 4 is 5.69 Å². The Morgan fingerprint density at radius 3 is 2.76 bits per heavy atom. The highest BCUT2D eigenvalue weighted by Gasteiger charge is 2.11. The van der Waals surface area contributed by atoms with Gasteiger partial charge < -0.3 is 5.73 Å². The van der Waals surface area contributed by atoms with Crippen LogP contribution in [0.3, 0.4) is 0 Å². The van der Waals surface area contributed by atoms with Gasteiger partial charge in [0.05, 0.1) is 11.4 Å². The Morgan fingerprint density at radius 1 is 1.41 bits per heavy atom. The molecule has 0 atom stereocenters. The first-order chi connectivity index (χ1) is 8.08. The summed E-state index contributed by atoms with van der Waals surface area (Å²) >= 11 is 0. The SMILES string of the molecule is CC(C)CCn1cc(N)c(-c2ccnn2C)n1. The Bertz CT molecular complexity index is 495. The van der Waals surface area contributed by atoms with Crippen LogP contribution in [0.25, 0.3) is 11.4 Å². The molecule has 5 nitrogen and oxygen atoms in total. The molecule has 0 spiro atoms. The zero-order chi connectivity index (χ0) is 12.4. The van der Waals surface area contributed by atoms with Crippen molar-refractivity contribution in [2.45, 2.75) is 26.8 Å². The molecule has 0 amide bonds. The van der Waals surface area contributed by atoms with Crippen molar-refractivity contribution in [2.24, 2.45) is 13.0 Å². The van der Waals surface area contributed by atoms with E-state index in [4.69, 9.17) is 5.73 Å². The van der Waals surface area contributed by atoms with E-state index in [0.717, 1.165) is 24.4 Å². The summed E-state index contributed by atoms with van der Waals surface area (Å²) in [5.41, 5.74) is 8.45. The van der Waals surface area contributed by atoms with E-state index in [1.54, 1.807) is 10.9 Å². The second-order valence-corrected chi connectivity index (χ2v) is 4.72. The van der Waals surface area contributed by atoms with E-state index in [1.165, 1.54) is 0 Å². The molecule has 0 aliphatic carbocycles. The summed E-state index contributed by atoms with van der Waals surface area (Å²) in [5.74, 6) is 0.667. The first kappa shape index (κ1) is 11.7. The van der Waals surface area contributed by atoms with Gasteiger partial charge in [-0.2, -0.15) is 10.2 Å². The van der Waals surface area contributed by atoms with Crippen LogP contribution < -0.4 is 5.73 Å². The molecule has 17 heavy (non-hydrogen) atoms. The van der Waals surface area contributed by atoms with Gasteiger partial charge in [0, 0.05) is 26.0 Å². The van der Waals surface area contributed by atoms with Crippen LogP contribution in [0, 0.1) is 5.92 Å². The number of aromatic nitrogens is 4. The third-order valence-electron chi connectivity index (χ3n) is 2.79. The van der Waals surface area contributed by atoms with E-state index in [9.17, 15) is 0 Å². The standard InChI is InChI=1S/C12H19N5/c1-9(2)5-7-17-8-10(13)12(15-17)11-4-6-14-16(11)3/h4,6,8-9H,5,7,13H2,1-3H3. The fourth-order valence-corrected chi connectivity index (χ4v) is 1.75. The molecule has 0 fully saturated rings. The normalized spacial score (nSPS) is 11.3. The smallest absolute Gasteiger partial charge is 0.133 e. The summed E-state index contributed by atoms with van der Waals surface area (Å²) in [6, 6.07) is 1.92.